The molecular formula is C21H32N2O8S. The number of sulfonamides is 1. The molecule has 0 radical (unpaired) electrons. The molecule has 32 heavy (non-hydrogen) atoms. The van der Waals surface area contributed by atoms with Gasteiger partial charge in [-0.3, -0.25) is 4.79 Å². The molecule has 0 unspecified atom stereocenters. The van der Waals surface area contributed by atoms with Crippen LogP contribution in [0.3, 0.4) is 0 Å². The Hall–Kier alpha value is -2.66. The third-order valence-corrected chi connectivity index (χ3v) is 5.85. The number of alkyl carbamates (subject to hydrolysis) is 1. The third-order valence-electron chi connectivity index (χ3n) is 4.07. The Labute approximate surface area is 189 Å². The van der Waals surface area contributed by atoms with Crippen molar-refractivity contribution in [2.45, 2.75) is 64.0 Å². The van der Waals surface area contributed by atoms with E-state index in [4.69, 9.17) is 9.47 Å². The number of hydrogen-bond donors (Lipinski definition) is 2. The molecule has 1 aromatic carbocycles. The second-order valence-electron chi connectivity index (χ2n) is 8.12. The monoisotopic (exact) mass is 472 g/mol. The fourth-order valence-electron chi connectivity index (χ4n) is 2.84. The Balaban J connectivity index is 3.01. The van der Waals surface area contributed by atoms with Crippen LogP contribution in [0.5, 0.6) is 5.75 Å². The van der Waals surface area contributed by atoms with Crippen molar-refractivity contribution in [3.8, 4) is 5.75 Å². The second-order valence-corrected chi connectivity index (χ2v) is 9.77. The quantitative estimate of drug-likeness (QED) is 0.283. The minimum absolute atomic E-state index is 0.0103. The summed E-state index contributed by atoms with van der Waals surface area (Å²) in [5.74, 6) is -0.393. The molecule has 0 aliphatic carbocycles. The number of nitrogens with one attached hydrogen (secondary N) is 2. The summed E-state index contributed by atoms with van der Waals surface area (Å²) in [5, 5.41) is 2.37. The standard InChI is InChI=1S/C21H32N2O8S/c1-14-11-16(30-10-8-7-9-24)12-15(2)18(14)32(27,28)23-17(19(25)29-6)13-22-20(26)31-21(3,4)5/h9,11-12,17,23H,7-8,10,13H2,1-6H3,(H,22,26)/t17-/m0/s1. The van der Waals surface area contributed by atoms with Crippen LogP contribution in [0.4, 0.5) is 4.79 Å². The van der Waals surface area contributed by atoms with E-state index in [0.717, 1.165) is 13.4 Å². The molecule has 1 atom stereocenters. The van der Waals surface area contributed by atoms with Crippen molar-refractivity contribution in [2.75, 3.05) is 20.3 Å². The Bertz CT molecular complexity index is 899. The fourth-order valence-corrected chi connectivity index (χ4v) is 4.47. The van der Waals surface area contributed by atoms with Crippen LogP contribution in [0.15, 0.2) is 17.0 Å². The number of carbonyl (C=O) groups excluding carboxylic acids is 3. The average molecular weight is 473 g/mol. The lowest BCUT2D eigenvalue weighted by Gasteiger charge is -2.22. The highest BCUT2D eigenvalue weighted by Crippen LogP contribution is 2.26. The van der Waals surface area contributed by atoms with Gasteiger partial charge in [-0.15, -0.1) is 0 Å². The first kappa shape index (κ1) is 27.4. The van der Waals surface area contributed by atoms with Crippen LogP contribution in [-0.2, 0) is 29.1 Å². The maximum Gasteiger partial charge on any atom is 0.407 e. The van der Waals surface area contributed by atoms with Crippen molar-refractivity contribution in [1.29, 1.82) is 0 Å². The van der Waals surface area contributed by atoms with Gasteiger partial charge in [0, 0.05) is 13.0 Å². The minimum Gasteiger partial charge on any atom is -0.494 e. The first-order chi connectivity index (χ1) is 14.8. The number of rotatable bonds is 11. The van der Waals surface area contributed by atoms with E-state index >= 15 is 0 Å². The maximum absolute atomic E-state index is 13.0. The van der Waals surface area contributed by atoms with Gasteiger partial charge in [-0.2, -0.15) is 4.72 Å². The van der Waals surface area contributed by atoms with E-state index in [1.165, 1.54) is 0 Å². The number of carbonyl (C=O) groups is 3. The maximum atomic E-state index is 13.0. The van der Waals surface area contributed by atoms with Crippen LogP contribution in [0.1, 0.15) is 44.7 Å². The Kier molecular flexibility index (Phi) is 10.1. The van der Waals surface area contributed by atoms with E-state index in [9.17, 15) is 22.8 Å². The van der Waals surface area contributed by atoms with Crippen molar-refractivity contribution in [3.05, 3.63) is 23.3 Å². The number of unbranched alkanes of at least 4 members (excludes halogenated alkanes) is 1. The highest BCUT2D eigenvalue weighted by atomic mass is 32.2. The molecule has 0 aliphatic rings. The summed E-state index contributed by atoms with van der Waals surface area (Å²) in [7, 11) is -3.03. The molecule has 0 spiro atoms. The summed E-state index contributed by atoms with van der Waals surface area (Å²) >= 11 is 0. The number of methoxy groups -OCH3 is 1. The van der Waals surface area contributed by atoms with E-state index < -0.39 is 33.7 Å². The van der Waals surface area contributed by atoms with Gasteiger partial charge in [0.2, 0.25) is 10.0 Å². The van der Waals surface area contributed by atoms with Crippen molar-refractivity contribution >= 4 is 28.4 Å². The molecule has 1 amide bonds. The van der Waals surface area contributed by atoms with E-state index in [2.05, 4.69) is 14.8 Å². The largest absolute Gasteiger partial charge is 0.494 e. The molecule has 2 N–H and O–H groups in total. The van der Waals surface area contributed by atoms with Crippen molar-refractivity contribution in [3.63, 3.8) is 0 Å². The molecule has 0 saturated heterocycles. The van der Waals surface area contributed by atoms with E-state index in [1.807, 2.05) is 0 Å². The summed E-state index contributed by atoms with van der Waals surface area (Å²) < 4.78 is 43.7. The van der Waals surface area contributed by atoms with Gasteiger partial charge < -0.3 is 24.3 Å². The smallest absolute Gasteiger partial charge is 0.407 e. The van der Waals surface area contributed by atoms with Crippen molar-refractivity contribution in [2.24, 2.45) is 0 Å². The Morgan fingerprint density at radius 1 is 1.16 bits per heavy atom. The number of hydrogen-bond acceptors (Lipinski definition) is 8. The fraction of sp³-hybridized carbons (Fsp3) is 0.571. The topological polar surface area (TPSA) is 137 Å². The van der Waals surface area contributed by atoms with Crippen LogP contribution >= 0.6 is 0 Å². The summed E-state index contributed by atoms with van der Waals surface area (Å²) in [4.78, 5) is 34.4. The lowest BCUT2D eigenvalue weighted by Crippen LogP contribution is -2.49. The molecule has 0 aromatic heterocycles. The van der Waals surface area contributed by atoms with Crippen LogP contribution < -0.4 is 14.8 Å². The summed E-state index contributed by atoms with van der Waals surface area (Å²) in [6, 6.07) is 1.76. The summed E-state index contributed by atoms with van der Waals surface area (Å²) in [5.41, 5.74) is 0.0635. The summed E-state index contributed by atoms with van der Waals surface area (Å²) in [6.45, 7) is 8.19. The second kappa shape index (κ2) is 11.8. The minimum atomic E-state index is -4.15. The lowest BCUT2D eigenvalue weighted by atomic mass is 10.1. The lowest BCUT2D eigenvalue weighted by molar-refractivity contribution is -0.142. The van der Waals surface area contributed by atoms with Gasteiger partial charge in [0.25, 0.3) is 0 Å². The molecule has 10 nitrogen and oxygen atoms in total. The predicted molar refractivity (Wildman–Crippen MR) is 117 cm³/mol. The van der Waals surface area contributed by atoms with Gasteiger partial charge in [0.05, 0.1) is 18.6 Å². The van der Waals surface area contributed by atoms with Crippen LogP contribution in [-0.4, -0.2) is 58.7 Å². The SMILES string of the molecule is COC(=O)[C@H](CNC(=O)OC(C)(C)C)NS(=O)(=O)c1c(C)cc(OCCCC=O)cc1C. The molecule has 180 valence electrons. The number of esters is 1. The molecule has 0 aliphatic heterocycles. The highest BCUT2D eigenvalue weighted by molar-refractivity contribution is 7.89. The Morgan fingerprint density at radius 3 is 2.25 bits per heavy atom. The van der Waals surface area contributed by atoms with Crippen LogP contribution in [0, 0.1) is 13.8 Å². The molecule has 0 saturated carbocycles. The molecular weight excluding hydrogens is 440 g/mol. The van der Waals surface area contributed by atoms with Gasteiger partial charge in [0.1, 0.15) is 23.7 Å². The zero-order valence-corrected chi connectivity index (χ0v) is 20.1. The average Bonchev–Trinajstić information content (AvgIpc) is 2.65. The zero-order valence-electron chi connectivity index (χ0n) is 19.3. The van der Waals surface area contributed by atoms with Gasteiger partial charge in [-0.1, -0.05) is 0 Å². The molecule has 1 aromatic rings. The molecule has 0 fully saturated rings. The number of benzene rings is 1. The van der Waals surface area contributed by atoms with Gasteiger partial charge >= 0.3 is 12.1 Å². The first-order valence-corrected chi connectivity index (χ1v) is 11.5. The molecule has 11 heteroatoms. The van der Waals surface area contributed by atoms with Crippen LogP contribution in [0.25, 0.3) is 0 Å². The third kappa shape index (κ3) is 8.83. The van der Waals surface area contributed by atoms with E-state index in [-0.39, 0.29) is 11.4 Å². The normalized spacial score (nSPS) is 12.6. The van der Waals surface area contributed by atoms with E-state index in [1.54, 1.807) is 46.8 Å². The first-order valence-electron chi connectivity index (χ1n) is 10.1. The number of aldehydes is 1. The van der Waals surface area contributed by atoms with Gasteiger partial charge in [0.15, 0.2) is 0 Å². The summed E-state index contributed by atoms with van der Waals surface area (Å²) in [6.07, 6.45) is 0.931. The predicted octanol–water partition coefficient (Wildman–Crippen LogP) is 2.01. The highest BCUT2D eigenvalue weighted by Gasteiger charge is 2.30. The van der Waals surface area contributed by atoms with Crippen molar-refractivity contribution in [1.82, 2.24) is 10.0 Å². The number of ether oxygens (including phenoxy) is 3. The molecule has 1 rings (SSSR count). The zero-order chi connectivity index (χ0) is 24.5. The number of amides is 1. The van der Waals surface area contributed by atoms with Crippen LogP contribution in [0.2, 0.25) is 0 Å². The van der Waals surface area contributed by atoms with Gasteiger partial charge in [-0.05, 0) is 64.3 Å². The Morgan fingerprint density at radius 2 is 1.75 bits per heavy atom. The van der Waals surface area contributed by atoms with Gasteiger partial charge in [-0.25, -0.2) is 13.2 Å². The molecule has 0 heterocycles. The van der Waals surface area contributed by atoms with E-state index in [0.29, 0.717) is 36.3 Å². The number of aryl methyl sites for hydroxylation is 2. The van der Waals surface area contributed by atoms with Crippen molar-refractivity contribution < 1.29 is 37.0 Å². The molecule has 0 bridgehead atoms.